The highest BCUT2D eigenvalue weighted by Crippen LogP contribution is 2.21. The van der Waals surface area contributed by atoms with Gasteiger partial charge in [0, 0.05) is 23.8 Å². The van der Waals surface area contributed by atoms with E-state index in [0.29, 0.717) is 16.4 Å². The Labute approximate surface area is 141 Å². The van der Waals surface area contributed by atoms with Gasteiger partial charge in [-0.25, -0.2) is 4.98 Å². The molecule has 1 N–H and O–H groups in total. The number of rotatable bonds is 3. The number of hydrogen-bond donors (Lipinski definition) is 1. The highest BCUT2D eigenvalue weighted by Gasteiger charge is 2.13. The molecule has 0 saturated carbocycles. The smallest absolute Gasteiger partial charge is 0.274 e. The monoisotopic (exact) mass is 329 g/mol. The Morgan fingerprint density at radius 2 is 1.96 bits per heavy atom. The largest absolute Gasteiger partial charge is 0.370 e. The number of carbonyl (C=O) groups is 1. The number of aryl methyl sites for hydroxylation is 1. The molecule has 0 aliphatic carbocycles. The molecule has 23 heavy (non-hydrogen) atoms. The molecule has 0 unspecified atom stereocenters. The molecule has 4 nitrogen and oxygen atoms in total. The molecule has 3 rings (SSSR count). The van der Waals surface area contributed by atoms with E-state index < -0.39 is 0 Å². The summed E-state index contributed by atoms with van der Waals surface area (Å²) in [6, 6.07) is 9.20. The van der Waals surface area contributed by atoms with E-state index in [4.69, 9.17) is 11.6 Å². The molecule has 2 aromatic rings. The van der Waals surface area contributed by atoms with Crippen LogP contribution in [0, 0.1) is 6.92 Å². The number of nitrogens with zero attached hydrogens (tertiary/aromatic N) is 2. The van der Waals surface area contributed by atoms with Crippen molar-refractivity contribution in [3.63, 3.8) is 0 Å². The maximum Gasteiger partial charge on any atom is 0.274 e. The SMILES string of the molecule is Cc1ccc(NC(=O)c2ccc(N3CCCCC3)cn2)cc1Cl. The van der Waals surface area contributed by atoms with E-state index >= 15 is 0 Å². The van der Waals surface area contributed by atoms with Crippen LogP contribution in [0.3, 0.4) is 0 Å². The summed E-state index contributed by atoms with van der Waals surface area (Å²) in [5.74, 6) is -0.227. The lowest BCUT2D eigenvalue weighted by Gasteiger charge is -2.28. The molecule has 5 heteroatoms. The normalized spacial score (nSPS) is 14.6. The second-order valence-electron chi connectivity index (χ2n) is 5.87. The van der Waals surface area contributed by atoms with Crippen molar-refractivity contribution >= 4 is 28.9 Å². The van der Waals surface area contributed by atoms with E-state index in [1.54, 1.807) is 18.3 Å². The average Bonchev–Trinajstić information content (AvgIpc) is 2.59. The summed E-state index contributed by atoms with van der Waals surface area (Å²) in [6.45, 7) is 4.05. The van der Waals surface area contributed by atoms with Gasteiger partial charge in [-0.15, -0.1) is 0 Å². The van der Waals surface area contributed by atoms with Crippen molar-refractivity contribution < 1.29 is 4.79 Å². The van der Waals surface area contributed by atoms with Crippen molar-refractivity contribution in [3.8, 4) is 0 Å². The van der Waals surface area contributed by atoms with Crippen LogP contribution in [0.4, 0.5) is 11.4 Å². The molecule has 1 aliphatic heterocycles. The molecule has 1 fully saturated rings. The van der Waals surface area contributed by atoms with Gasteiger partial charge in [0.1, 0.15) is 5.69 Å². The minimum atomic E-state index is -0.227. The Morgan fingerprint density at radius 1 is 1.17 bits per heavy atom. The lowest BCUT2D eigenvalue weighted by Crippen LogP contribution is -2.29. The Morgan fingerprint density at radius 3 is 2.61 bits per heavy atom. The standard InChI is InChI=1S/C18H20ClN3O/c1-13-5-6-14(11-16(13)19)21-18(23)17-8-7-15(12-20-17)22-9-3-2-4-10-22/h5-8,11-12H,2-4,9-10H2,1H3,(H,21,23). The first-order chi connectivity index (χ1) is 11.1. The summed E-state index contributed by atoms with van der Waals surface area (Å²) in [4.78, 5) is 18.9. The van der Waals surface area contributed by atoms with Gasteiger partial charge in [0.25, 0.3) is 5.91 Å². The van der Waals surface area contributed by atoms with Crippen LogP contribution in [0.1, 0.15) is 35.3 Å². The third-order valence-electron chi connectivity index (χ3n) is 4.13. The van der Waals surface area contributed by atoms with Crippen LogP contribution >= 0.6 is 11.6 Å². The number of nitrogens with one attached hydrogen (secondary N) is 1. The second kappa shape index (κ2) is 7.01. The van der Waals surface area contributed by atoms with Crippen molar-refractivity contribution in [1.29, 1.82) is 0 Å². The molecule has 1 aromatic carbocycles. The van der Waals surface area contributed by atoms with Crippen LogP contribution in [0.25, 0.3) is 0 Å². The molecule has 2 heterocycles. The van der Waals surface area contributed by atoms with Gasteiger partial charge in [-0.1, -0.05) is 17.7 Å². The summed E-state index contributed by atoms with van der Waals surface area (Å²) >= 11 is 6.08. The highest BCUT2D eigenvalue weighted by atomic mass is 35.5. The summed E-state index contributed by atoms with van der Waals surface area (Å²) < 4.78 is 0. The van der Waals surface area contributed by atoms with Crippen LogP contribution in [-0.2, 0) is 0 Å². The summed E-state index contributed by atoms with van der Waals surface area (Å²) in [5.41, 5.74) is 3.14. The number of aromatic nitrogens is 1. The fraction of sp³-hybridized carbons (Fsp3) is 0.333. The van der Waals surface area contributed by atoms with Gasteiger partial charge < -0.3 is 10.2 Å². The van der Waals surface area contributed by atoms with Crippen molar-refractivity contribution in [2.24, 2.45) is 0 Å². The van der Waals surface area contributed by atoms with E-state index in [2.05, 4.69) is 15.2 Å². The Kier molecular flexibility index (Phi) is 4.82. The number of carbonyl (C=O) groups excluding carboxylic acids is 1. The zero-order valence-electron chi connectivity index (χ0n) is 13.2. The predicted molar refractivity (Wildman–Crippen MR) is 94.4 cm³/mol. The van der Waals surface area contributed by atoms with Gasteiger partial charge in [-0.05, 0) is 56.0 Å². The zero-order chi connectivity index (χ0) is 16.2. The maximum absolute atomic E-state index is 12.3. The number of hydrogen-bond acceptors (Lipinski definition) is 3. The lowest BCUT2D eigenvalue weighted by atomic mass is 10.1. The molecule has 0 radical (unpaired) electrons. The molecule has 1 aromatic heterocycles. The molecule has 1 aliphatic rings. The summed E-state index contributed by atoms with van der Waals surface area (Å²) in [5, 5.41) is 3.46. The first-order valence-corrected chi connectivity index (χ1v) is 8.30. The van der Waals surface area contributed by atoms with Gasteiger partial charge >= 0.3 is 0 Å². The topological polar surface area (TPSA) is 45.2 Å². The molecule has 1 amide bonds. The maximum atomic E-state index is 12.3. The number of amides is 1. The van der Waals surface area contributed by atoms with Crippen LogP contribution in [0.2, 0.25) is 5.02 Å². The quantitative estimate of drug-likeness (QED) is 0.913. The first kappa shape index (κ1) is 15.8. The number of halogens is 1. The van der Waals surface area contributed by atoms with E-state index in [0.717, 1.165) is 24.3 Å². The fourth-order valence-corrected chi connectivity index (χ4v) is 2.91. The average molecular weight is 330 g/mol. The van der Waals surface area contributed by atoms with Gasteiger partial charge in [-0.2, -0.15) is 0 Å². The predicted octanol–water partition coefficient (Wildman–Crippen LogP) is 4.29. The van der Waals surface area contributed by atoms with E-state index in [9.17, 15) is 4.79 Å². The van der Waals surface area contributed by atoms with Gasteiger partial charge in [0.2, 0.25) is 0 Å². The minimum Gasteiger partial charge on any atom is -0.370 e. The van der Waals surface area contributed by atoms with E-state index in [1.165, 1.54) is 19.3 Å². The van der Waals surface area contributed by atoms with Gasteiger partial charge in [0.05, 0.1) is 11.9 Å². The van der Waals surface area contributed by atoms with Gasteiger partial charge in [-0.3, -0.25) is 4.79 Å². The van der Waals surface area contributed by atoms with Crippen LogP contribution in [-0.4, -0.2) is 24.0 Å². The van der Waals surface area contributed by atoms with Crippen molar-refractivity contribution in [2.75, 3.05) is 23.3 Å². The molecule has 0 atom stereocenters. The summed E-state index contributed by atoms with van der Waals surface area (Å²) in [7, 11) is 0. The third kappa shape index (κ3) is 3.82. The third-order valence-corrected chi connectivity index (χ3v) is 4.54. The van der Waals surface area contributed by atoms with E-state index in [1.807, 2.05) is 25.1 Å². The number of benzene rings is 1. The molecule has 120 valence electrons. The lowest BCUT2D eigenvalue weighted by molar-refractivity contribution is 0.102. The molecule has 0 spiro atoms. The molecule has 0 bridgehead atoms. The van der Waals surface area contributed by atoms with Crippen LogP contribution < -0.4 is 10.2 Å². The highest BCUT2D eigenvalue weighted by molar-refractivity contribution is 6.31. The number of pyridine rings is 1. The van der Waals surface area contributed by atoms with Crippen molar-refractivity contribution in [1.82, 2.24) is 4.98 Å². The Hall–Kier alpha value is -2.07. The Balaban J connectivity index is 1.68. The molecule has 1 saturated heterocycles. The number of anilines is 2. The van der Waals surface area contributed by atoms with Gasteiger partial charge in [0.15, 0.2) is 0 Å². The fourth-order valence-electron chi connectivity index (χ4n) is 2.73. The molecular weight excluding hydrogens is 310 g/mol. The summed E-state index contributed by atoms with van der Waals surface area (Å²) in [6.07, 6.45) is 5.51. The second-order valence-corrected chi connectivity index (χ2v) is 6.27. The van der Waals surface area contributed by atoms with Crippen LogP contribution in [0.15, 0.2) is 36.5 Å². The van der Waals surface area contributed by atoms with Crippen LogP contribution in [0.5, 0.6) is 0 Å². The van der Waals surface area contributed by atoms with Crippen molar-refractivity contribution in [3.05, 3.63) is 52.8 Å². The number of piperidine rings is 1. The Bertz CT molecular complexity index is 694. The molecular formula is C18H20ClN3O. The van der Waals surface area contributed by atoms with E-state index in [-0.39, 0.29) is 5.91 Å². The first-order valence-electron chi connectivity index (χ1n) is 7.92. The zero-order valence-corrected chi connectivity index (χ0v) is 13.9. The van der Waals surface area contributed by atoms with Crippen molar-refractivity contribution in [2.45, 2.75) is 26.2 Å². The minimum absolute atomic E-state index is 0.227.